The van der Waals surface area contributed by atoms with Crippen molar-refractivity contribution >= 4 is 5.91 Å². The number of amides is 1. The number of halogens is 3. The van der Waals surface area contributed by atoms with E-state index in [1.807, 2.05) is 29.7 Å². The summed E-state index contributed by atoms with van der Waals surface area (Å²) < 4.78 is 42.8. The molecule has 2 aromatic heterocycles. The summed E-state index contributed by atoms with van der Waals surface area (Å²) in [4.78, 5) is 20.0. The summed E-state index contributed by atoms with van der Waals surface area (Å²) >= 11 is 0. The van der Waals surface area contributed by atoms with Gasteiger partial charge in [-0.15, -0.1) is 10.2 Å². The molecule has 0 spiro atoms. The highest BCUT2D eigenvalue weighted by atomic mass is 19.4. The molecule has 9 heteroatoms. The third-order valence-electron chi connectivity index (χ3n) is 6.63. The van der Waals surface area contributed by atoms with Crippen LogP contribution in [0.15, 0.2) is 36.4 Å². The maximum atomic E-state index is 13.7. The number of aromatic nitrogens is 4. The van der Waals surface area contributed by atoms with Gasteiger partial charge < -0.3 is 9.47 Å². The van der Waals surface area contributed by atoms with E-state index in [1.54, 1.807) is 11.8 Å². The molecule has 2 atom stereocenters. The Morgan fingerprint density at radius 3 is 2.64 bits per heavy atom. The molecule has 33 heavy (non-hydrogen) atoms. The molecule has 0 saturated carbocycles. The van der Waals surface area contributed by atoms with E-state index in [9.17, 15) is 18.0 Å². The lowest BCUT2D eigenvalue weighted by molar-refractivity contribution is -0.138. The Morgan fingerprint density at radius 1 is 1.12 bits per heavy atom. The van der Waals surface area contributed by atoms with Gasteiger partial charge in [0.2, 0.25) is 0 Å². The molecule has 0 aliphatic carbocycles. The number of nitrogens with zero attached hydrogens (tertiary/aromatic N) is 5. The van der Waals surface area contributed by atoms with Crippen molar-refractivity contribution in [3.8, 4) is 11.5 Å². The fourth-order valence-corrected chi connectivity index (χ4v) is 5.20. The molecule has 2 aliphatic rings. The second-order valence-electron chi connectivity index (χ2n) is 8.65. The molecule has 1 saturated heterocycles. The van der Waals surface area contributed by atoms with E-state index in [1.165, 1.54) is 12.1 Å². The van der Waals surface area contributed by atoms with Crippen molar-refractivity contribution in [2.75, 3.05) is 0 Å². The van der Waals surface area contributed by atoms with Crippen LogP contribution in [0.5, 0.6) is 0 Å². The molecule has 2 aliphatic heterocycles. The number of benzene rings is 1. The Balaban J connectivity index is 1.56. The molecular formula is C24H24F3N5O. The van der Waals surface area contributed by atoms with Gasteiger partial charge in [0, 0.05) is 17.8 Å². The van der Waals surface area contributed by atoms with E-state index in [0.29, 0.717) is 24.6 Å². The number of rotatable bonds is 3. The van der Waals surface area contributed by atoms with Crippen molar-refractivity contribution in [1.82, 2.24) is 24.6 Å². The molecular weight excluding hydrogens is 431 g/mol. The monoisotopic (exact) mass is 455 g/mol. The molecule has 5 rings (SSSR count). The summed E-state index contributed by atoms with van der Waals surface area (Å²) in [6.07, 6.45) is -1.98. The molecule has 6 nitrogen and oxygen atoms in total. The van der Waals surface area contributed by atoms with Crippen molar-refractivity contribution in [2.45, 2.75) is 64.3 Å². The summed E-state index contributed by atoms with van der Waals surface area (Å²) in [6, 6.07) is 9.12. The zero-order valence-corrected chi connectivity index (χ0v) is 18.4. The molecule has 2 bridgehead atoms. The lowest BCUT2D eigenvalue weighted by Gasteiger charge is -2.46. The number of hydrogen-bond acceptors (Lipinski definition) is 4. The van der Waals surface area contributed by atoms with E-state index in [4.69, 9.17) is 0 Å². The molecule has 1 fully saturated rings. The first-order chi connectivity index (χ1) is 15.8. The topological polar surface area (TPSA) is 63.9 Å². The highest BCUT2D eigenvalue weighted by Crippen LogP contribution is 2.42. The number of aryl methyl sites for hydroxylation is 1. The zero-order valence-electron chi connectivity index (χ0n) is 18.4. The van der Waals surface area contributed by atoms with Gasteiger partial charge in [0.25, 0.3) is 5.91 Å². The van der Waals surface area contributed by atoms with Crippen molar-refractivity contribution in [3.05, 3.63) is 64.6 Å². The standard InChI is InChI=1S/C24H24F3N5O/c1-3-16-17(9-6-10-18(16)24(25,26)27)23(33)32-15-8-5-12-20(32)22-30-29-21(31(22)13-15)19-11-4-7-14(2)28-19/h4,6-7,9-11,15,20H,3,5,8,12-13H2,1-2H3. The number of carbonyl (C=O) groups is 1. The predicted octanol–water partition coefficient (Wildman–Crippen LogP) is 4.98. The lowest BCUT2D eigenvalue weighted by atomic mass is 9.89. The van der Waals surface area contributed by atoms with Gasteiger partial charge in [-0.05, 0) is 62.4 Å². The molecule has 1 amide bonds. The van der Waals surface area contributed by atoms with Gasteiger partial charge in [-0.25, -0.2) is 4.98 Å². The van der Waals surface area contributed by atoms with E-state index >= 15 is 0 Å². The SMILES string of the molecule is CCc1c(C(=O)N2C3CCCC2c2nnc(-c4cccc(C)n4)n2C3)cccc1C(F)(F)F. The number of fused-ring (bicyclic) bond motifs is 4. The first kappa shape index (κ1) is 21.6. The van der Waals surface area contributed by atoms with Crippen LogP contribution in [0.2, 0.25) is 0 Å². The van der Waals surface area contributed by atoms with Gasteiger partial charge in [0.15, 0.2) is 11.6 Å². The highest BCUT2D eigenvalue weighted by Gasteiger charge is 2.44. The number of pyridine rings is 1. The van der Waals surface area contributed by atoms with Crippen LogP contribution < -0.4 is 0 Å². The first-order valence-electron chi connectivity index (χ1n) is 11.2. The minimum Gasteiger partial charge on any atom is -0.324 e. The first-order valence-corrected chi connectivity index (χ1v) is 11.2. The molecule has 3 aromatic rings. The van der Waals surface area contributed by atoms with Crippen LogP contribution in [-0.4, -0.2) is 36.6 Å². The Kier molecular flexibility index (Phi) is 5.22. The Labute approximate surface area is 189 Å². The maximum Gasteiger partial charge on any atom is 0.416 e. The van der Waals surface area contributed by atoms with Crippen molar-refractivity contribution in [2.24, 2.45) is 0 Å². The second-order valence-corrected chi connectivity index (χ2v) is 8.65. The van der Waals surface area contributed by atoms with Crippen molar-refractivity contribution in [1.29, 1.82) is 0 Å². The fraction of sp³-hybridized carbons (Fsp3) is 0.417. The average molecular weight is 455 g/mol. The summed E-state index contributed by atoms with van der Waals surface area (Å²) in [5.74, 6) is 0.964. The smallest absolute Gasteiger partial charge is 0.324 e. The highest BCUT2D eigenvalue weighted by molar-refractivity contribution is 5.96. The summed E-state index contributed by atoms with van der Waals surface area (Å²) in [5, 5.41) is 8.79. The zero-order chi connectivity index (χ0) is 23.3. The van der Waals surface area contributed by atoms with Crippen LogP contribution in [0.3, 0.4) is 0 Å². The Morgan fingerprint density at radius 2 is 1.91 bits per heavy atom. The molecule has 0 radical (unpaired) electrons. The summed E-state index contributed by atoms with van der Waals surface area (Å²) in [7, 11) is 0. The van der Waals surface area contributed by atoms with Gasteiger partial charge >= 0.3 is 6.18 Å². The molecule has 172 valence electrons. The number of alkyl halides is 3. The summed E-state index contributed by atoms with van der Waals surface area (Å²) in [5.41, 5.74) is 1.02. The second kappa shape index (κ2) is 7.97. The average Bonchev–Trinajstić information content (AvgIpc) is 3.20. The van der Waals surface area contributed by atoms with Crippen LogP contribution >= 0.6 is 0 Å². The van der Waals surface area contributed by atoms with E-state index in [-0.39, 0.29) is 35.5 Å². The largest absolute Gasteiger partial charge is 0.416 e. The van der Waals surface area contributed by atoms with E-state index < -0.39 is 11.7 Å². The predicted molar refractivity (Wildman–Crippen MR) is 115 cm³/mol. The van der Waals surface area contributed by atoms with Crippen LogP contribution in [-0.2, 0) is 19.1 Å². The molecule has 0 N–H and O–H groups in total. The number of piperidine rings is 1. The number of hydrogen-bond donors (Lipinski definition) is 0. The van der Waals surface area contributed by atoms with E-state index in [2.05, 4.69) is 15.2 Å². The third-order valence-corrected chi connectivity index (χ3v) is 6.63. The minimum absolute atomic E-state index is 0.0461. The Bertz CT molecular complexity index is 1220. The van der Waals surface area contributed by atoms with Gasteiger partial charge in [0.1, 0.15) is 5.69 Å². The van der Waals surface area contributed by atoms with Crippen LogP contribution in [0.25, 0.3) is 11.5 Å². The number of carbonyl (C=O) groups excluding carboxylic acids is 1. The van der Waals surface area contributed by atoms with Crippen LogP contribution in [0.4, 0.5) is 13.2 Å². The van der Waals surface area contributed by atoms with Gasteiger partial charge in [0.05, 0.1) is 17.6 Å². The van der Waals surface area contributed by atoms with Gasteiger partial charge in [-0.1, -0.05) is 19.1 Å². The Hall–Kier alpha value is -3.23. The quantitative estimate of drug-likeness (QED) is 0.559. The lowest BCUT2D eigenvalue weighted by Crippen LogP contribution is -2.52. The maximum absolute atomic E-state index is 13.7. The minimum atomic E-state index is -4.50. The summed E-state index contributed by atoms with van der Waals surface area (Å²) in [6.45, 7) is 4.05. The molecule has 2 unspecified atom stereocenters. The fourth-order valence-electron chi connectivity index (χ4n) is 5.20. The third kappa shape index (κ3) is 3.59. The van der Waals surface area contributed by atoms with Crippen molar-refractivity contribution in [3.63, 3.8) is 0 Å². The van der Waals surface area contributed by atoms with Gasteiger partial charge in [-0.2, -0.15) is 13.2 Å². The van der Waals surface area contributed by atoms with Gasteiger partial charge in [-0.3, -0.25) is 4.79 Å². The normalized spacial score (nSPS) is 20.0. The van der Waals surface area contributed by atoms with Crippen LogP contribution in [0.1, 0.15) is 65.2 Å². The van der Waals surface area contributed by atoms with E-state index in [0.717, 1.165) is 30.3 Å². The molecule has 1 aromatic carbocycles. The van der Waals surface area contributed by atoms with Crippen LogP contribution in [0, 0.1) is 6.92 Å². The molecule has 4 heterocycles. The van der Waals surface area contributed by atoms with Crippen molar-refractivity contribution < 1.29 is 18.0 Å².